The number of pyridine rings is 2. The maximum atomic E-state index is 8.79. The van der Waals surface area contributed by atoms with Crippen LogP contribution < -0.4 is 5.19 Å². The zero-order valence-corrected chi connectivity index (χ0v) is 40.5. The van der Waals surface area contributed by atoms with Gasteiger partial charge in [-0.25, -0.2) is 4.98 Å². The van der Waals surface area contributed by atoms with Crippen LogP contribution in [-0.4, -0.2) is 27.6 Å². The van der Waals surface area contributed by atoms with Gasteiger partial charge in [-0.2, -0.15) is 0 Å². The van der Waals surface area contributed by atoms with Gasteiger partial charge in [-0.05, 0) is 82.5 Å². The number of imidazole rings is 1. The average Bonchev–Trinajstić information content (AvgIpc) is 3.83. The van der Waals surface area contributed by atoms with Gasteiger partial charge in [-0.3, -0.25) is 4.98 Å². The molecule has 0 aliphatic rings. The Labute approximate surface area is 389 Å². The Balaban J connectivity index is 0.000000211. The van der Waals surface area contributed by atoms with Crippen LogP contribution in [0.3, 0.4) is 0 Å². The number of aromatic nitrogens is 4. The van der Waals surface area contributed by atoms with E-state index in [1.54, 1.807) is 18.3 Å². The number of furan rings is 1. The van der Waals surface area contributed by atoms with Crippen molar-refractivity contribution >= 4 is 46.4 Å². The van der Waals surface area contributed by atoms with Gasteiger partial charge in [0.25, 0.3) is 0 Å². The van der Waals surface area contributed by atoms with Crippen LogP contribution in [0, 0.1) is 31.3 Å². The Morgan fingerprint density at radius 1 is 0.806 bits per heavy atom. The van der Waals surface area contributed by atoms with Crippen molar-refractivity contribution in [1.29, 1.82) is 0 Å². The number of rotatable bonds is 6. The Kier molecular flexibility index (Phi) is 10.7. The van der Waals surface area contributed by atoms with Gasteiger partial charge in [0, 0.05) is 55.5 Å². The fraction of sp³-hybridized carbons (Fsp3) is 0.255. The number of fused-ring (bicyclic) bond motifs is 4. The number of para-hydroxylation sites is 2. The van der Waals surface area contributed by atoms with Crippen molar-refractivity contribution < 1.29 is 31.4 Å². The maximum absolute atomic E-state index is 8.79. The molecule has 0 aliphatic heterocycles. The van der Waals surface area contributed by atoms with E-state index in [-0.39, 0.29) is 31.1 Å². The second-order valence-corrected chi connectivity index (χ2v) is 23.9. The monoisotopic (exact) mass is 1010 g/mol. The van der Waals surface area contributed by atoms with Gasteiger partial charge in [-0.1, -0.05) is 139 Å². The third-order valence-electron chi connectivity index (χ3n) is 10.7. The molecular formula is C55H56IrN4OSi-2. The Morgan fingerprint density at radius 2 is 1.56 bits per heavy atom. The molecule has 0 amide bonds. The largest absolute Gasteiger partial charge is 0.486 e. The normalized spacial score (nSPS) is 13.7. The molecule has 4 heterocycles. The molecule has 0 fully saturated rings. The summed E-state index contributed by atoms with van der Waals surface area (Å²) in [6.45, 7) is 18.8. The minimum absolute atomic E-state index is 0. The number of nitrogens with zero attached hydrogens (tertiary/aromatic N) is 4. The minimum Gasteiger partial charge on any atom is -0.486 e. The molecule has 0 N–H and O–H groups in total. The standard InChI is InChI=1S/C35H28N3O.C20H28NSi.Ir/c1-22-17-19-26-25-13-10-14-27(32(25)39-34(26)36-22)33-37-29-15-8-9-16-31(29)38(33)30-20-18-24(35(2,3)4)21-28(30)23-11-6-5-7-12-23;1-15-8-10-16(11-9-15)18-12-17(13-20(2,3)4)19(14-21-18)22(5,6)7;/h5-13,15-21H,1-4H3;8-10,12,14H,13H2,1-7H3;/q2*-1;/i;1D3,13D2;. The molecule has 0 saturated heterocycles. The van der Waals surface area contributed by atoms with Crippen molar-refractivity contribution in [2.75, 3.05) is 0 Å². The van der Waals surface area contributed by atoms with Crippen molar-refractivity contribution in [2.45, 2.75) is 86.7 Å². The van der Waals surface area contributed by atoms with Crippen LogP contribution in [0.25, 0.3) is 72.6 Å². The second kappa shape index (κ2) is 17.4. The van der Waals surface area contributed by atoms with Crippen molar-refractivity contribution in [1.82, 2.24) is 19.5 Å². The van der Waals surface area contributed by atoms with Crippen LogP contribution in [0.4, 0.5) is 0 Å². The molecule has 0 aliphatic carbocycles. The number of aryl methyl sites for hydroxylation is 2. The molecule has 9 aromatic rings. The van der Waals surface area contributed by atoms with Crippen LogP contribution in [-0.2, 0) is 31.9 Å². The van der Waals surface area contributed by atoms with Crippen LogP contribution in [0.2, 0.25) is 19.6 Å². The molecule has 0 spiro atoms. The third-order valence-corrected chi connectivity index (χ3v) is 12.7. The van der Waals surface area contributed by atoms with Gasteiger partial charge >= 0.3 is 0 Å². The topological polar surface area (TPSA) is 56.7 Å². The molecule has 7 heteroatoms. The van der Waals surface area contributed by atoms with E-state index in [4.69, 9.17) is 16.3 Å². The maximum Gasteiger partial charge on any atom is 0.216 e. The van der Waals surface area contributed by atoms with Gasteiger partial charge in [0.05, 0.1) is 30.5 Å². The molecule has 4 aromatic heterocycles. The summed E-state index contributed by atoms with van der Waals surface area (Å²) in [5.74, 6) is 0.790. The molecule has 317 valence electrons. The molecule has 5 nitrogen and oxygen atoms in total. The van der Waals surface area contributed by atoms with E-state index in [9.17, 15) is 0 Å². The van der Waals surface area contributed by atoms with Crippen molar-refractivity contribution in [3.63, 3.8) is 0 Å². The summed E-state index contributed by atoms with van der Waals surface area (Å²) in [5.41, 5.74) is 11.3. The van der Waals surface area contributed by atoms with Gasteiger partial charge < -0.3 is 14.0 Å². The fourth-order valence-corrected chi connectivity index (χ4v) is 9.05. The smallest absolute Gasteiger partial charge is 0.216 e. The fourth-order valence-electron chi connectivity index (χ4n) is 7.66. The quantitative estimate of drug-likeness (QED) is 0.123. The van der Waals surface area contributed by atoms with Gasteiger partial charge in [0.1, 0.15) is 0 Å². The first-order valence-electron chi connectivity index (χ1n) is 23.4. The first-order valence-corrected chi connectivity index (χ1v) is 24.4. The van der Waals surface area contributed by atoms with Gasteiger partial charge in [0.2, 0.25) is 5.71 Å². The van der Waals surface area contributed by atoms with E-state index >= 15 is 0 Å². The molecule has 0 atom stereocenters. The van der Waals surface area contributed by atoms with Crippen LogP contribution in [0.15, 0.2) is 132 Å². The van der Waals surface area contributed by atoms with Gasteiger partial charge in [0.15, 0.2) is 0 Å². The minimum atomic E-state index is -2.17. The van der Waals surface area contributed by atoms with Crippen molar-refractivity contribution in [2.24, 2.45) is 5.41 Å². The second-order valence-electron chi connectivity index (χ2n) is 18.8. The van der Waals surface area contributed by atoms with E-state index in [0.717, 1.165) is 66.5 Å². The van der Waals surface area contributed by atoms with E-state index in [0.29, 0.717) is 22.5 Å². The predicted octanol–water partition coefficient (Wildman–Crippen LogP) is 14.0. The number of benzene rings is 5. The molecule has 0 bridgehead atoms. The Morgan fingerprint density at radius 3 is 2.26 bits per heavy atom. The molecule has 1 radical (unpaired) electrons. The predicted molar refractivity (Wildman–Crippen MR) is 259 cm³/mol. The Hall–Kier alpha value is -5.46. The number of hydrogen-bond acceptors (Lipinski definition) is 4. The van der Waals surface area contributed by atoms with E-state index in [1.165, 1.54) is 11.6 Å². The van der Waals surface area contributed by atoms with E-state index in [2.05, 4.69) is 140 Å². The summed E-state index contributed by atoms with van der Waals surface area (Å²) in [5, 5.41) is 3.01. The van der Waals surface area contributed by atoms with E-state index in [1.807, 2.05) is 58.0 Å². The van der Waals surface area contributed by atoms with Crippen LogP contribution in [0.5, 0.6) is 0 Å². The van der Waals surface area contributed by atoms with Crippen molar-refractivity contribution in [3.8, 4) is 39.5 Å². The molecule has 0 saturated carbocycles. The third kappa shape index (κ3) is 9.32. The summed E-state index contributed by atoms with van der Waals surface area (Å²) in [6.07, 6.45) is 0.269. The average molecular weight is 1010 g/mol. The molecular weight excluding hydrogens is 953 g/mol. The summed E-state index contributed by atoms with van der Waals surface area (Å²) in [4.78, 5) is 14.4. The Bertz CT molecular complexity index is 3230. The SMILES string of the molecule is Cc1ccc2c(n1)oc1c(-c3nc4ccccc4n3-c3ccc(C(C)(C)C)cc3-c3ccccc3)[c-]ccc12.[2H]C([2H])([2H])c1c[c-]c(-c2cc(C([2H])([2H])C(C)(C)C)c([Si](C)(C)C)cn2)cc1.[Ir]. The summed E-state index contributed by atoms with van der Waals surface area (Å²) < 4.78 is 48.7. The molecule has 0 unspecified atom stereocenters. The molecule has 5 aromatic carbocycles. The van der Waals surface area contributed by atoms with E-state index < -0.39 is 26.7 Å². The molecule has 9 rings (SSSR count). The first kappa shape index (κ1) is 38.2. The van der Waals surface area contributed by atoms with Crippen LogP contribution in [0.1, 0.15) is 70.8 Å². The zero-order valence-electron chi connectivity index (χ0n) is 42.2. The summed E-state index contributed by atoms with van der Waals surface area (Å²) in [6, 6.07) is 46.7. The molecule has 62 heavy (non-hydrogen) atoms. The van der Waals surface area contributed by atoms with Crippen molar-refractivity contribution in [3.05, 3.63) is 162 Å². The summed E-state index contributed by atoms with van der Waals surface area (Å²) >= 11 is 0. The van der Waals surface area contributed by atoms with Crippen LogP contribution >= 0.6 is 0 Å². The first-order chi connectivity index (χ1) is 30.9. The van der Waals surface area contributed by atoms with Gasteiger partial charge in [-0.15, -0.1) is 53.6 Å². The zero-order chi connectivity index (χ0) is 47.6. The summed E-state index contributed by atoms with van der Waals surface area (Å²) in [7, 11) is -1.81. The number of hydrogen-bond donors (Lipinski definition) is 0.